The van der Waals surface area contributed by atoms with E-state index in [4.69, 9.17) is 9.47 Å². The predicted molar refractivity (Wildman–Crippen MR) is 54.4 cm³/mol. The van der Waals surface area contributed by atoms with Crippen LogP contribution in [0.1, 0.15) is 21.5 Å². The molecular weight excluding hydrogens is 180 g/mol. The highest BCUT2D eigenvalue weighted by atomic mass is 16.5. The van der Waals surface area contributed by atoms with Gasteiger partial charge in [0.15, 0.2) is 6.29 Å². The van der Waals surface area contributed by atoms with Crippen LogP contribution in [0.2, 0.25) is 0 Å². The molecule has 0 fully saturated rings. The minimum atomic E-state index is 0.601. The third-order valence-corrected chi connectivity index (χ3v) is 2.32. The fraction of sp³-hybridized carbons (Fsp3) is 0.364. The van der Waals surface area contributed by atoms with Gasteiger partial charge in [0.25, 0.3) is 0 Å². The number of hydrogen-bond acceptors (Lipinski definition) is 3. The largest absolute Gasteiger partial charge is 0.496 e. The molecule has 0 radical (unpaired) electrons. The van der Waals surface area contributed by atoms with E-state index in [-0.39, 0.29) is 0 Å². The standard InChI is InChI=1S/C11H14O3/c1-7-9(6-12)5-10(13-3)8(2)11(7)14-4/h5-6H,1-4H3. The summed E-state index contributed by atoms with van der Waals surface area (Å²) >= 11 is 0. The molecule has 1 aromatic carbocycles. The van der Waals surface area contributed by atoms with Crippen LogP contribution in [0.5, 0.6) is 11.5 Å². The van der Waals surface area contributed by atoms with E-state index in [9.17, 15) is 4.79 Å². The Morgan fingerprint density at radius 1 is 1.14 bits per heavy atom. The van der Waals surface area contributed by atoms with E-state index >= 15 is 0 Å². The summed E-state index contributed by atoms with van der Waals surface area (Å²) < 4.78 is 10.4. The zero-order chi connectivity index (χ0) is 10.7. The minimum Gasteiger partial charge on any atom is -0.496 e. The van der Waals surface area contributed by atoms with Crippen molar-refractivity contribution < 1.29 is 14.3 Å². The van der Waals surface area contributed by atoms with Crippen molar-refractivity contribution in [3.05, 3.63) is 22.8 Å². The minimum absolute atomic E-state index is 0.601. The van der Waals surface area contributed by atoms with Crippen LogP contribution in [0.15, 0.2) is 6.07 Å². The van der Waals surface area contributed by atoms with Gasteiger partial charge in [-0.1, -0.05) is 0 Å². The number of aldehydes is 1. The van der Waals surface area contributed by atoms with Gasteiger partial charge in [-0.3, -0.25) is 4.79 Å². The molecular formula is C11H14O3. The van der Waals surface area contributed by atoms with Crippen LogP contribution < -0.4 is 9.47 Å². The first kappa shape index (κ1) is 10.6. The predicted octanol–water partition coefficient (Wildman–Crippen LogP) is 2.13. The van der Waals surface area contributed by atoms with Crippen LogP contribution in [0.3, 0.4) is 0 Å². The lowest BCUT2D eigenvalue weighted by molar-refractivity contribution is 0.112. The summed E-state index contributed by atoms with van der Waals surface area (Å²) in [6.07, 6.45) is 0.805. The van der Waals surface area contributed by atoms with Crippen LogP contribution in [0.4, 0.5) is 0 Å². The molecule has 3 heteroatoms. The van der Waals surface area contributed by atoms with Crippen molar-refractivity contribution in [3.8, 4) is 11.5 Å². The Labute approximate surface area is 83.6 Å². The van der Waals surface area contributed by atoms with E-state index in [2.05, 4.69) is 0 Å². The fourth-order valence-corrected chi connectivity index (χ4v) is 1.52. The average molecular weight is 194 g/mol. The van der Waals surface area contributed by atoms with Crippen LogP contribution >= 0.6 is 0 Å². The van der Waals surface area contributed by atoms with Crippen molar-refractivity contribution in [3.63, 3.8) is 0 Å². The average Bonchev–Trinajstić information content (AvgIpc) is 2.19. The van der Waals surface area contributed by atoms with Gasteiger partial charge in [0.2, 0.25) is 0 Å². The summed E-state index contributed by atoms with van der Waals surface area (Å²) in [6.45, 7) is 3.76. The number of carbonyl (C=O) groups is 1. The Kier molecular flexibility index (Phi) is 3.12. The first-order valence-corrected chi connectivity index (χ1v) is 4.33. The van der Waals surface area contributed by atoms with E-state index in [1.165, 1.54) is 0 Å². The third-order valence-electron chi connectivity index (χ3n) is 2.32. The van der Waals surface area contributed by atoms with Crippen LogP contribution in [-0.2, 0) is 0 Å². The van der Waals surface area contributed by atoms with E-state index in [0.29, 0.717) is 17.1 Å². The molecule has 1 aromatic rings. The molecule has 14 heavy (non-hydrogen) atoms. The van der Waals surface area contributed by atoms with Crippen molar-refractivity contribution in [1.29, 1.82) is 0 Å². The van der Waals surface area contributed by atoms with Crippen molar-refractivity contribution in [2.24, 2.45) is 0 Å². The van der Waals surface area contributed by atoms with Gasteiger partial charge in [0.1, 0.15) is 11.5 Å². The molecule has 0 atom stereocenters. The zero-order valence-corrected chi connectivity index (χ0v) is 8.88. The normalized spacial score (nSPS) is 9.71. The SMILES string of the molecule is COc1cc(C=O)c(C)c(OC)c1C. The molecule has 0 aromatic heterocycles. The maximum Gasteiger partial charge on any atom is 0.150 e. The Balaban J connectivity index is 3.46. The van der Waals surface area contributed by atoms with Crippen molar-refractivity contribution >= 4 is 6.29 Å². The Bertz CT molecular complexity index is 356. The number of rotatable bonds is 3. The van der Waals surface area contributed by atoms with E-state index in [1.54, 1.807) is 20.3 Å². The second-order valence-corrected chi connectivity index (χ2v) is 3.07. The fourth-order valence-electron chi connectivity index (χ4n) is 1.52. The molecule has 0 amide bonds. The van der Waals surface area contributed by atoms with E-state index in [0.717, 1.165) is 17.4 Å². The van der Waals surface area contributed by atoms with Gasteiger partial charge in [0, 0.05) is 16.7 Å². The molecule has 0 aliphatic carbocycles. The van der Waals surface area contributed by atoms with Crippen LogP contribution in [-0.4, -0.2) is 20.5 Å². The number of methoxy groups -OCH3 is 2. The quantitative estimate of drug-likeness (QED) is 0.691. The Morgan fingerprint density at radius 3 is 2.21 bits per heavy atom. The Hall–Kier alpha value is -1.51. The maximum absolute atomic E-state index is 10.8. The first-order valence-electron chi connectivity index (χ1n) is 4.33. The summed E-state index contributed by atoms with van der Waals surface area (Å²) in [5, 5.41) is 0. The lowest BCUT2D eigenvalue weighted by atomic mass is 10.0. The summed E-state index contributed by atoms with van der Waals surface area (Å²) in [6, 6.07) is 1.72. The molecule has 0 unspecified atom stereocenters. The highest BCUT2D eigenvalue weighted by Gasteiger charge is 2.12. The number of hydrogen-bond donors (Lipinski definition) is 0. The number of carbonyl (C=O) groups excluding carboxylic acids is 1. The van der Waals surface area contributed by atoms with Crippen LogP contribution in [0.25, 0.3) is 0 Å². The molecule has 0 aliphatic heterocycles. The summed E-state index contributed by atoms with van der Waals surface area (Å²) in [7, 11) is 3.16. The van der Waals surface area contributed by atoms with Gasteiger partial charge in [-0.2, -0.15) is 0 Å². The topological polar surface area (TPSA) is 35.5 Å². The lowest BCUT2D eigenvalue weighted by Gasteiger charge is -2.13. The second-order valence-electron chi connectivity index (χ2n) is 3.07. The van der Waals surface area contributed by atoms with Gasteiger partial charge >= 0.3 is 0 Å². The highest BCUT2D eigenvalue weighted by Crippen LogP contribution is 2.32. The molecule has 0 bridgehead atoms. The zero-order valence-electron chi connectivity index (χ0n) is 8.88. The van der Waals surface area contributed by atoms with Gasteiger partial charge < -0.3 is 9.47 Å². The molecule has 0 spiro atoms. The number of benzene rings is 1. The van der Waals surface area contributed by atoms with Crippen LogP contribution in [0, 0.1) is 13.8 Å². The highest BCUT2D eigenvalue weighted by molar-refractivity contribution is 5.80. The maximum atomic E-state index is 10.8. The molecule has 0 heterocycles. The number of ether oxygens (including phenoxy) is 2. The summed E-state index contributed by atoms with van der Waals surface area (Å²) in [5.41, 5.74) is 2.36. The third kappa shape index (κ3) is 1.58. The van der Waals surface area contributed by atoms with Crippen molar-refractivity contribution in [2.45, 2.75) is 13.8 Å². The summed E-state index contributed by atoms with van der Waals surface area (Å²) in [4.78, 5) is 10.8. The Morgan fingerprint density at radius 2 is 1.79 bits per heavy atom. The molecule has 1 rings (SSSR count). The van der Waals surface area contributed by atoms with Gasteiger partial charge in [-0.15, -0.1) is 0 Å². The monoisotopic (exact) mass is 194 g/mol. The van der Waals surface area contributed by atoms with E-state index in [1.807, 2.05) is 13.8 Å². The molecule has 0 aliphatic rings. The van der Waals surface area contributed by atoms with Gasteiger partial charge in [-0.05, 0) is 19.9 Å². The molecule has 0 saturated heterocycles. The van der Waals surface area contributed by atoms with E-state index < -0.39 is 0 Å². The molecule has 0 saturated carbocycles. The molecule has 76 valence electrons. The van der Waals surface area contributed by atoms with Crippen molar-refractivity contribution in [2.75, 3.05) is 14.2 Å². The van der Waals surface area contributed by atoms with Gasteiger partial charge in [-0.25, -0.2) is 0 Å². The molecule has 3 nitrogen and oxygen atoms in total. The smallest absolute Gasteiger partial charge is 0.150 e. The van der Waals surface area contributed by atoms with Crippen molar-refractivity contribution in [1.82, 2.24) is 0 Å². The summed E-state index contributed by atoms with van der Waals surface area (Å²) in [5.74, 6) is 1.39. The second kappa shape index (κ2) is 4.13. The first-order chi connectivity index (χ1) is 6.65. The van der Waals surface area contributed by atoms with Gasteiger partial charge in [0.05, 0.1) is 14.2 Å². The lowest BCUT2D eigenvalue weighted by Crippen LogP contribution is -1.98. The molecule has 0 N–H and O–H groups in total.